The highest BCUT2D eigenvalue weighted by molar-refractivity contribution is 8.15. The van der Waals surface area contributed by atoms with Crippen LogP contribution in [0.5, 0.6) is 0 Å². The Hall–Kier alpha value is -2.55. The molecule has 5 nitrogen and oxygen atoms in total. The number of halogens is 3. The average molecular weight is 395 g/mol. The number of carbonyl (C=O) groups excluding carboxylic acids is 1. The summed E-state index contributed by atoms with van der Waals surface area (Å²) < 4.78 is 38.5. The number of pyridine rings is 1. The lowest BCUT2D eigenvalue weighted by atomic mass is 10.0. The van der Waals surface area contributed by atoms with Gasteiger partial charge >= 0.3 is 6.18 Å². The predicted molar refractivity (Wildman–Crippen MR) is 97.4 cm³/mol. The van der Waals surface area contributed by atoms with Gasteiger partial charge in [-0.25, -0.2) is 0 Å². The van der Waals surface area contributed by atoms with Crippen molar-refractivity contribution in [3.8, 4) is 0 Å². The number of thioether (sulfide) groups is 1. The van der Waals surface area contributed by atoms with Gasteiger partial charge in [0.2, 0.25) is 11.5 Å². The number of amidine groups is 1. The SMILES string of the molecule is C[C@H](N=C1NC(=O)C(C)(c2cc[nH]c(=O)c2)S1)c1ccccc1C(F)(F)F. The van der Waals surface area contributed by atoms with Gasteiger partial charge in [0.15, 0.2) is 5.17 Å². The van der Waals surface area contributed by atoms with Gasteiger partial charge in [0.1, 0.15) is 4.75 Å². The zero-order chi connectivity index (χ0) is 19.8. The van der Waals surface area contributed by atoms with E-state index in [1.165, 1.54) is 37.4 Å². The summed E-state index contributed by atoms with van der Waals surface area (Å²) >= 11 is 1.07. The van der Waals surface area contributed by atoms with Gasteiger partial charge in [-0.2, -0.15) is 13.2 Å². The molecule has 27 heavy (non-hydrogen) atoms. The number of H-pyrrole nitrogens is 1. The number of aromatic nitrogens is 1. The van der Waals surface area contributed by atoms with Gasteiger partial charge in [-0.3, -0.25) is 14.6 Å². The number of nitrogens with one attached hydrogen (secondary N) is 2. The van der Waals surface area contributed by atoms with Crippen molar-refractivity contribution in [2.24, 2.45) is 4.99 Å². The van der Waals surface area contributed by atoms with Gasteiger partial charge in [-0.05, 0) is 37.1 Å². The van der Waals surface area contributed by atoms with Crippen LogP contribution < -0.4 is 10.9 Å². The van der Waals surface area contributed by atoms with Crippen LogP contribution >= 0.6 is 11.8 Å². The Morgan fingerprint density at radius 1 is 1.19 bits per heavy atom. The van der Waals surface area contributed by atoms with Gasteiger partial charge in [-0.1, -0.05) is 30.0 Å². The molecule has 1 amide bonds. The van der Waals surface area contributed by atoms with Crippen molar-refractivity contribution < 1.29 is 18.0 Å². The molecule has 2 atom stereocenters. The van der Waals surface area contributed by atoms with E-state index in [0.717, 1.165) is 17.8 Å². The summed E-state index contributed by atoms with van der Waals surface area (Å²) in [6.07, 6.45) is -3.05. The number of alkyl halides is 3. The molecule has 0 saturated carbocycles. The van der Waals surface area contributed by atoms with Crippen molar-refractivity contribution in [1.29, 1.82) is 0 Å². The Labute approximate surface area is 157 Å². The van der Waals surface area contributed by atoms with E-state index in [0.29, 0.717) is 5.56 Å². The normalized spacial score (nSPS) is 22.7. The van der Waals surface area contributed by atoms with E-state index in [-0.39, 0.29) is 22.2 Å². The van der Waals surface area contributed by atoms with Crippen molar-refractivity contribution >= 4 is 22.8 Å². The standard InChI is InChI=1S/C18H16F3N3O2S/c1-10(12-5-3-4-6-13(12)18(19,20)21)23-16-24-15(26)17(2,27-16)11-7-8-22-14(25)9-11/h3-10H,1-2H3,(H,22,25)(H,23,24,26)/t10-,17?/m0/s1. The van der Waals surface area contributed by atoms with Crippen LogP contribution in [0.15, 0.2) is 52.4 Å². The number of benzene rings is 1. The molecule has 9 heteroatoms. The lowest BCUT2D eigenvalue weighted by Gasteiger charge is -2.18. The van der Waals surface area contributed by atoms with Crippen molar-refractivity contribution in [3.05, 3.63) is 69.6 Å². The van der Waals surface area contributed by atoms with E-state index in [2.05, 4.69) is 15.3 Å². The second-order valence-corrected chi connectivity index (χ2v) is 7.63. The quantitative estimate of drug-likeness (QED) is 0.834. The highest BCUT2D eigenvalue weighted by atomic mass is 32.2. The number of hydrogen-bond donors (Lipinski definition) is 2. The maximum absolute atomic E-state index is 13.2. The van der Waals surface area contributed by atoms with Crippen LogP contribution in [0, 0.1) is 0 Å². The topological polar surface area (TPSA) is 74.3 Å². The molecular weight excluding hydrogens is 379 g/mol. The van der Waals surface area contributed by atoms with E-state index in [1.54, 1.807) is 13.0 Å². The number of hydrogen-bond acceptors (Lipinski definition) is 4. The van der Waals surface area contributed by atoms with Crippen LogP contribution in [0.1, 0.15) is 36.6 Å². The van der Waals surface area contributed by atoms with Crippen molar-refractivity contribution in [3.63, 3.8) is 0 Å². The molecule has 1 aliphatic rings. The molecule has 142 valence electrons. The fourth-order valence-corrected chi connectivity index (χ4v) is 3.97. The molecule has 2 aromatic rings. The smallest absolute Gasteiger partial charge is 0.329 e. The molecule has 2 heterocycles. The molecule has 1 fully saturated rings. The minimum absolute atomic E-state index is 0.0251. The van der Waals surface area contributed by atoms with Crippen LogP contribution in [0.3, 0.4) is 0 Å². The summed E-state index contributed by atoms with van der Waals surface area (Å²) in [7, 11) is 0. The summed E-state index contributed by atoms with van der Waals surface area (Å²) in [5.74, 6) is -0.381. The Bertz CT molecular complexity index is 971. The first-order valence-electron chi connectivity index (χ1n) is 8.05. The first-order valence-corrected chi connectivity index (χ1v) is 8.86. The molecule has 0 bridgehead atoms. The largest absolute Gasteiger partial charge is 0.416 e. The third-order valence-corrected chi connectivity index (χ3v) is 5.54. The van der Waals surface area contributed by atoms with Crippen molar-refractivity contribution in [2.45, 2.75) is 30.8 Å². The van der Waals surface area contributed by atoms with Gasteiger partial charge in [0.05, 0.1) is 11.6 Å². The predicted octanol–water partition coefficient (Wildman–Crippen LogP) is 3.59. The maximum atomic E-state index is 13.2. The van der Waals surface area contributed by atoms with E-state index in [1.807, 2.05) is 0 Å². The molecule has 2 N–H and O–H groups in total. The summed E-state index contributed by atoms with van der Waals surface area (Å²) in [6, 6.07) is 7.33. The third-order valence-electron chi connectivity index (χ3n) is 4.31. The molecule has 1 aromatic carbocycles. The lowest BCUT2D eigenvalue weighted by molar-refractivity contribution is -0.138. The molecule has 1 saturated heterocycles. The van der Waals surface area contributed by atoms with Crippen molar-refractivity contribution in [1.82, 2.24) is 10.3 Å². The lowest BCUT2D eigenvalue weighted by Crippen LogP contribution is -2.32. The van der Waals surface area contributed by atoms with Gasteiger partial charge in [-0.15, -0.1) is 0 Å². The van der Waals surface area contributed by atoms with Crippen LogP contribution in [0.4, 0.5) is 13.2 Å². The Kier molecular flexibility index (Phi) is 4.90. The minimum atomic E-state index is -4.49. The maximum Gasteiger partial charge on any atom is 0.416 e. The van der Waals surface area contributed by atoms with Crippen molar-refractivity contribution in [2.75, 3.05) is 0 Å². The van der Waals surface area contributed by atoms with E-state index in [9.17, 15) is 22.8 Å². The number of nitrogens with zero attached hydrogens (tertiary/aromatic N) is 1. The summed E-state index contributed by atoms with van der Waals surface area (Å²) in [4.78, 5) is 30.8. The minimum Gasteiger partial charge on any atom is -0.329 e. The second-order valence-electron chi connectivity index (χ2n) is 6.23. The molecule has 0 spiro atoms. The molecule has 1 aliphatic heterocycles. The number of amides is 1. The molecule has 1 unspecified atom stereocenters. The number of rotatable bonds is 3. The zero-order valence-corrected chi connectivity index (χ0v) is 15.2. The van der Waals surface area contributed by atoms with Gasteiger partial charge in [0, 0.05) is 12.3 Å². The summed E-state index contributed by atoms with van der Waals surface area (Å²) in [6.45, 7) is 3.17. The van der Waals surface area contributed by atoms with Crippen LogP contribution in [0.2, 0.25) is 0 Å². The number of aromatic amines is 1. The Balaban J connectivity index is 1.92. The van der Waals surface area contributed by atoms with E-state index < -0.39 is 22.5 Å². The summed E-state index contributed by atoms with van der Waals surface area (Å²) in [5.41, 5.74) is -0.590. The van der Waals surface area contributed by atoms with Crippen LogP contribution in [0.25, 0.3) is 0 Å². The molecular formula is C18H16F3N3O2S. The Morgan fingerprint density at radius 2 is 1.89 bits per heavy atom. The molecule has 3 rings (SSSR count). The summed E-state index contributed by atoms with van der Waals surface area (Å²) in [5, 5.41) is 2.82. The fraction of sp³-hybridized carbons (Fsp3) is 0.278. The second kappa shape index (κ2) is 6.88. The van der Waals surface area contributed by atoms with Gasteiger partial charge in [0.25, 0.3) is 0 Å². The van der Waals surface area contributed by atoms with Gasteiger partial charge < -0.3 is 10.3 Å². The highest BCUT2D eigenvalue weighted by Gasteiger charge is 2.44. The molecule has 1 aromatic heterocycles. The van der Waals surface area contributed by atoms with E-state index >= 15 is 0 Å². The third kappa shape index (κ3) is 3.78. The first-order chi connectivity index (χ1) is 12.6. The van der Waals surface area contributed by atoms with Crippen LogP contribution in [-0.2, 0) is 15.7 Å². The Morgan fingerprint density at radius 3 is 2.56 bits per heavy atom. The monoisotopic (exact) mass is 395 g/mol. The highest BCUT2D eigenvalue weighted by Crippen LogP contribution is 2.42. The fourth-order valence-electron chi connectivity index (χ4n) is 2.84. The average Bonchev–Trinajstić information content (AvgIpc) is 2.89. The van der Waals surface area contributed by atoms with Crippen LogP contribution in [-0.4, -0.2) is 16.1 Å². The van der Waals surface area contributed by atoms with E-state index in [4.69, 9.17) is 0 Å². The number of carbonyl (C=O) groups is 1. The number of aliphatic imine (C=N–C) groups is 1. The molecule has 0 radical (unpaired) electrons. The first kappa shape index (κ1) is 19.2. The molecule has 0 aliphatic carbocycles. The zero-order valence-electron chi connectivity index (χ0n) is 14.4.